The van der Waals surface area contributed by atoms with Gasteiger partial charge >= 0.3 is 0 Å². The first-order chi connectivity index (χ1) is 7.35. The maximum Gasteiger partial charge on any atom is 0.125 e. The third-order valence-electron chi connectivity index (χ3n) is 2.76. The van der Waals surface area contributed by atoms with Crippen molar-refractivity contribution < 1.29 is 9.47 Å². The minimum Gasteiger partial charge on any atom is -0.378 e. The Morgan fingerprint density at radius 3 is 3.13 bits per heavy atom. The average Bonchev–Trinajstić information content (AvgIpc) is 2.77. The highest BCUT2D eigenvalue weighted by Crippen LogP contribution is 2.22. The van der Waals surface area contributed by atoms with E-state index < -0.39 is 0 Å². The molecule has 4 nitrogen and oxygen atoms in total. The predicted octanol–water partition coefficient (Wildman–Crippen LogP) is 1.30. The number of pyridine rings is 1. The molecule has 1 fully saturated rings. The fourth-order valence-electron chi connectivity index (χ4n) is 1.68. The highest BCUT2D eigenvalue weighted by Gasteiger charge is 2.34. The fraction of sp³-hybridized carbons (Fsp3) is 0.545. The second kappa shape index (κ2) is 4.59. The van der Waals surface area contributed by atoms with Crippen LogP contribution in [0, 0.1) is 0 Å². The molecule has 0 bridgehead atoms. The molecule has 1 aromatic heterocycles. The zero-order valence-electron chi connectivity index (χ0n) is 8.90. The number of anilines is 1. The number of rotatable bonds is 4. The topological polar surface area (TPSA) is 43.4 Å². The maximum atomic E-state index is 5.51. The highest BCUT2D eigenvalue weighted by atomic mass is 16.5. The van der Waals surface area contributed by atoms with Gasteiger partial charge in [-0.2, -0.15) is 0 Å². The minimum atomic E-state index is -0.183. The minimum absolute atomic E-state index is 0.183. The van der Waals surface area contributed by atoms with Crippen molar-refractivity contribution in [3.8, 4) is 0 Å². The first-order valence-electron chi connectivity index (χ1n) is 5.12. The van der Waals surface area contributed by atoms with E-state index in [-0.39, 0.29) is 5.60 Å². The smallest absolute Gasteiger partial charge is 0.125 e. The molecule has 0 amide bonds. The van der Waals surface area contributed by atoms with Crippen LogP contribution in [0.15, 0.2) is 24.4 Å². The summed E-state index contributed by atoms with van der Waals surface area (Å²) < 4.78 is 10.9. The van der Waals surface area contributed by atoms with Crippen LogP contribution >= 0.6 is 0 Å². The summed E-state index contributed by atoms with van der Waals surface area (Å²) in [6.07, 6.45) is 2.70. The van der Waals surface area contributed by atoms with Gasteiger partial charge in [0.05, 0.1) is 6.61 Å². The summed E-state index contributed by atoms with van der Waals surface area (Å²) in [5.41, 5.74) is -0.183. The van der Waals surface area contributed by atoms with Crippen molar-refractivity contribution >= 4 is 5.82 Å². The van der Waals surface area contributed by atoms with Gasteiger partial charge in [0, 0.05) is 32.9 Å². The van der Waals surface area contributed by atoms with Gasteiger partial charge in [0.25, 0.3) is 0 Å². The second-order valence-electron chi connectivity index (χ2n) is 3.76. The molecule has 2 heterocycles. The Morgan fingerprint density at radius 1 is 1.60 bits per heavy atom. The molecule has 0 radical (unpaired) electrons. The molecule has 1 saturated heterocycles. The van der Waals surface area contributed by atoms with E-state index in [1.807, 2.05) is 18.2 Å². The first-order valence-corrected chi connectivity index (χ1v) is 5.12. The number of hydrogen-bond acceptors (Lipinski definition) is 4. The van der Waals surface area contributed by atoms with E-state index in [1.54, 1.807) is 13.3 Å². The number of nitrogens with zero attached hydrogens (tertiary/aromatic N) is 1. The normalized spacial score (nSPS) is 25.4. The molecule has 82 valence electrons. The van der Waals surface area contributed by atoms with E-state index in [0.29, 0.717) is 6.61 Å². The van der Waals surface area contributed by atoms with Gasteiger partial charge in [-0.3, -0.25) is 0 Å². The van der Waals surface area contributed by atoms with Crippen molar-refractivity contribution in [2.45, 2.75) is 12.0 Å². The van der Waals surface area contributed by atoms with E-state index in [0.717, 1.165) is 25.4 Å². The van der Waals surface area contributed by atoms with Crippen molar-refractivity contribution in [3.05, 3.63) is 24.4 Å². The molecule has 1 atom stereocenters. The lowest BCUT2D eigenvalue weighted by molar-refractivity contribution is -0.00625. The third kappa shape index (κ3) is 2.46. The van der Waals surface area contributed by atoms with Gasteiger partial charge in [0.1, 0.15) is 11.4 Å². The summed E-state index contributed by atoms with van der Waals surface area (Å²) in [5, 5.41) is 3.26. The molecule has 1 aliphatic rings. The van der Waals surface area contributed by atoms with Crippen LogP contribution in [-0.2, 0) is 9.47 Å². The van der Waals surface area contributed by atoms with Gasteiger partial charge in [-0.15, -0.1) is 0 Å². The Bertz CT molecular complexity index is 297. The molecule has 1 N–H and O–H groups in total. The molecule has 0 aromatic carbocycles. The zero-order valence-corrected chi connectivity index (χ0v) is 8.90. The van der Waals surface area contributed by atoms with Gasteiger partial charge < -0.3 is 14.8 Å². The molecule has 0 spiro atoms. The van der Waals surface area contributed by atoms with Crippen molar-refractivity contribution in [1.82, 2.24) is 4.98 Å². The van der Waals surface area contributed by atoms with Crippen molar-refractivity contribution in [1.29, 1.82) is 0 Å². The number of nitrogens with one attached hydrogen (secondary N) is 1. The van der Waals surface area contributed by atoms with Crippen molar-refractivity contribution in [2.75, 3.05) is 32.2 Å². The second-order valence-corrected chi connectivity index (χ2v) is 3.76. The molecular weight excluding hydrogens is 192 g/mol. The summed E-state index contributed by atoms with van der Waals surface area (Å²) in [7, 11) is 1.73. The van der Waals surface area contributed by atoms with Crippen LogP contribution in [-0.4, -0.2) is 37.5 Å². The van der Waals surface area contributed by atoms with Gasteiger partial charge in [-0.05, 0) is 12.1 Å². The van der Waals surface area contributed by atoms with E-state index in [9.17, 15) is 0 Å². The van der Waals surface area contributed by atoms with E-state index in [1.165, 1.54) is 0 Å². The number of hydrogen-bond donors (Lipinski definition) is 1. The standard InChI is InChI=1S/C11H16N2O2/c1-14-11(5-7-15-9-11)8-13-10-4-2-3-6-12-10/h2-4,6H,5,7-9H2,1H3,(H,12,13). The van der Waals surface area contributed by atoms with E-state index >= 15 is 0 Å². The molecule has 15 heavy (non-hydrogen) atoms. The fourth-order valence-corrected chi connectivity index (χ4v) is 1.68. The average molecular weight is 208 g/mol. The maximum absolute atomic E-state index is 5.51. The summed E-state index contributed by atoms with van der Waals surface area (Å²) in [6, 6.07) is 5.80. The van der Waals surface area contributed by atoms with Crippen molar-refractivity contribution in [2.24, 2.45) is 0 Å². The molecule has 0 saturated carbocycles. The molecule has 2 rings (SSSR count). The van der Waals surface area contributed by atoms with Crippen LogP contribution in [0.4, 0.5) is 5.82 Å². The number of methoxy groups -OCH3 is 1. The molecule has 4 heteroatoms. The Labute approximate surface area is 89.6 Å². The summed E-state index contributed by atoms with van der Waals surface area (Å²) >= 11 is 0. The largest absolute Gasteiger partial charge is 0.378 e. The zero-order chi connectivity index (χ0) is 10.6. The van der Waals surface area contributed by atoms with E-state index in [2.05, 4.69) is 10.3 Å². The van der Waals surface area contributed by atoms with Gasteiger partial charge in [0.2, 0.25) is 0 Å². The monoisotopic (exact) mass is 208 g/mol. The quantitative estimate of drug-likeness (QED) is 0.810. The highest BCUT2D eigenvalue weighted by molar-refractivity contribution is 5.33. The van der Waals surface area contributed by atoms with Crippen LogP contribution in [0.5, 0.6) is 0 Å². The predicted molar refractivity (Wildman–Crippen MR) is 57.9 cm³/mol. The van der Waals surface area contributed by atoms with Crippen molar-refractivity contribution in [3.63, 3.8) is 0 Å². The Morgan fingerprint density at radius 2 is 2.53 bits per heavy atom. The van der Waals surface area contributed by atoms with Crippen LogP contribution < -0.4 is 5.32 Å². The third-order valence-corrected chi connectivity index (χ3v) is 2.76. The van der Waals surface area contributed by atoms with Gasteiger partial charge in [-0.1, -0.05) is 6.07 Å². The lowest BCUT2D eigenvalue weighted by Gasteiger charge is -2.26. The molecule has 1 unspecified atom stereocenters. The van der Waals surface area contributed by atoms with Crippen LogP contribution in [0.3, 0.4) is 0 Å². The summed E-state index contributed by atoms with van der Waals surface area (Å²) in [6.45, 7) is 2.17. The molecule has 1 aromatic rings. The molecular formula is C11H16N2O2. The van der Waals surface area contributed by atoms with Gasteiger partial charge in [0.15, 0.2) is 0 Å². The van der Waals surface area contributed by atoms with E-state index in [4.69, 9.17) is 9.47 Å². The Balaban J connectivity index is 1.92. The molecule has 0 aliphatic carbocycles. The lowest BCUT2D eigenvalue weighted by Crippen LogP contribution is -2.39. The number of aromatic nitrogens is 1. The number of ether oxygens (including phenoxy) is 2. The van der Waals surface area contributed by atoms with Crippen LogP contribution in [0.25, 0.3) is 0 Å². The summed E-state index contributed by atoms with van der Waals surface area (Å²) in [5.74, 6) is 0.876. The summed E-state index contributed by atoms with van der Waals surface area (Å²) in [4.78, 5) is 4.20. The lowest BCUT2D eigenvalue weighted by atomic mass is 10.0. The van der Waals surface area contributed by atoms with Crippen LogP contribution in [0.1, 0.15) is 6.42 Å². The first kappa shape index (κ1) is 10.4. The van der Waals surface area contributed by atoms with Crippen LogP contribution in [0.2, 0.25) is 0 Å². The SMILES string of the molecule is COC1(CNc2ccccn2)CCOC1. The van der Waals surface area contributed by atoms with Gasteiger partial charge in [-0.25, -0.2) is 4.98 Å². The Hall–Kier alpha value is -1.13. The Kier molecular flexibility index (Phi) is 3.18. The molecule has 1 aliphatic heterocycles.